The van der Waals surface area contributed by atoms with Crippen molar-refractivity contribution in [3.63, 3.8) is 0 Å². The molecule has 1 aromatic carbocycles. The summed E-state index contributed by atoms with van der Waals surface area (Å²) in [6, 6.07) is 6.36. The molecule has 4 heteroatoms. The Kier molecular flexibility index (Phi) is 4.58. The third-order valence-corrected chi connectivity index (χ3v) is 3.50. The first-order chi connectivity index (χ1) is 8.74. The maximum atomic E-state index is 5.70. The molecule has 0 aliphatic carbocycles. The molecule has 2 rings (SSSR count). The summed E-state index contributed by atoms with van der Waals surface area (Å²) in [6.45, 7) is 2.92. The van der Waals surface area contributed by atoms with Gasteiger partial charge < -0.3 is 9.47 Å². The minimum atomic E-state index is 0.142. The van der Waals surface area contributed by atoms with Gasteiger partial charge >= 0.3 is 0 Å². The molecule has 0 bridgehead atoms. The van der Waals surface area contributed by atoms with Crippen molar-refractivity contribution >= 4 is 0 Å². The van der Waals surface area contributed by atoms with Gasteiger partial charge in [0.25, 0.3) is 0 Å². The van der Waals surface area contributed by atoms with E-state index in [0.29, 0.717) is 0 Å². The standard InChI is InChI=1S/C14H22N2O2/c1-10-5-6-13(17-2)11(8-10)9-12(16-15)14-4-3-7-18-14/h5-6,8,12,14,16H,3-4,7,9,15H2,1-2H3. The Morgan fingerprint density at radius 1 is 1.56 bits per heavy atom. The zero-order valence-corrected chi connectivity index (χ0v) is 11.1. The molecule has 2 atom stereocenters. The number of nitrogens with one attached hydrogen (secondary N) is 1. The number of aryl methyl sites for hydroxylation is 1. The van der Waals surface area contributed by atoms with Crippen LogP contribution in [0.5, 0.6) is 5.75 Å². The lowest BCUT2D eigenvalue weighted by atomic mass is 9.98. The van der Waals surface area contributed by atoms with E-state index >= 15 is 0 Å². The number of hydrogen-bond acceptors (Lipinski definition) is 4. The second kappa shape index (κ2) is 6.18. The van der Waals surface area contributed by atoms with E-state index in [-0.39, 0.29) is 12.1 Å². The van der Waals surface area contributed by atoms with Crippen molar-refractivity contribution in [2.45, 2.75) is 38.3 Å². The fourth-order valence-corrected chi connectivity index (χ4v) is 2.52. The summed E-state index contributed by atoms with van der Waals surface area (Å²) in [7, 11) is 1.70. The molecule has 18 heavy (non-hydrogen) atoms. The van der Waals surface area contributed by atoms with Gasteiger partial charge in [-0.15, -0.1) is 0 Å². The molecule has 0 saturated carbocycles. The first kappa shape index (κ1) is 13.3. The second-order valence-corrected chi connectivity index (χ2v) is 4.84. The van der Waals surface area contributed by atoms with E-state index in [1.165, 1.54) is 11.1 Å². The lowest BCUT2D eigenvalue weighted by Gasteiger charge is -2.23. The van der Waals surface area contributed by atoms with Crippen molar-refractivity contribution in [2.75, 3.05) is 13.7 Å². The van der Waals surface area contributed by atoms with Gasteiger partial charge in [-0.1, -0.05) is 17.7 Å². The molecule has 0 spiro atoms. The fraction of sp³-hybridized carbons (Fsp3) is 0.571. The molecular formula is C14H22N2O2. The smallest absolute Gasteiger partial charge is 0.122 e. The molecule has 1 heterocycles. The molecule has 100 valence electrons. The maximum absolute atomic E-state index is 5.70. The Morgan fingerprint density at radius 3 is 3.00 bits per heavy atom. The van der Waals surface area contributed by atoms with E-state index < -0.39 is 0 Å². The molecule has 1 aromatic rings. The van der Waals surface area contributed by atoms with Crippen LogP contribution in [0.25, 0.3) is 0 Å². The second-order valence-electron chi connectivity index (χ2n) is 4.84. The molecule has 0 amide bonds. The fourth-order valence-electron chi connectivity index (χ4n) is 2.52. The summed E-state index contributed by atoms with van der Waals surface area (Å²) in [6.07, 6.45) is 3.23. The van der Waals surface area contributed by atoms with Crippen molar-refractivity contribution in [1.29, 1.82) is 0 Å². The summed E-state index contributed by atoms with van der Waals surface area (Å²) in [5.41, 5.74) is 5.29. The quantitative estimate of drug-likeness (QED) is 0.615. The monoisotopic (exact) mass is 250 g/mol. The van der Waals surface area contributed by atoms with Gasteiger partial charge in [0.15, 0.2) is 0 Å². The molecule has 1 aliphatic rings. The molecule has 1 saturated heterocycles. The molecular weight excluding hydrogens is 228 g/mol. The molecule has 1 aliphatic heterocycles. The summed E-state index contributed by atoms with van der Waals surface area (Å²) in [4.78, 5) is 0. The number of ether oxygens (including phenoxy) is 2. The van der Waals surface area contributed by atoms with Gasteiger partial charge in [0.05, 0.1) is 19.3 Å². The Balaban J connectivity index is 2.12. The summed E-state index contributed by atoms with van der Waals surface area (Å²) >= 11 is 0. The normalized spacial score (nSPS) is 20.9. The molecule has 0 radical (unpaired) electrons. The maximum Gasteiger partial charge on any atom is 0.122 e. The zero-order valence-electron chi connectivity index (χ0n) is 11.1. The Labute approximate surface area is 108 Å². The van der Waals surface area contributed by atoms with Gasteiger partial charge in [0, 0.05) is 6.61 Å². The van der Waals surface area contributed by atoms with E-state index in [9.17, 15) is 0 Å². The van der Waals surface area contributed by atoms with Crippen LogP contribution >= 0.6 is 0 Å². The van der Waals surface area contributed by atoms with Crippen LogP contribution in [0, 0.1) is 6.92 Å². The van der Waals surface area contributed by atoms with Crippen LogP contribution in [0.1, 0.15) is 24.0 Å². The third kappa shape index (κ3) is 3.02. The topological polar surface area (TPSA) is 56.5 Å². The Bertz CT molecular complexity index is 389. The number of benzene rings is 1. The lowest BCUT2D eigenvalue weighted by molar-refractivity contribution is 0.0782. The highest BCUT2D eigenvalue weighted by molar-refractivity contribution is 5.37. The Hall–Kier alpha value is -1.10. The van der Waals surface area contributed by atoms with Crippen LogP contribution in [0.3, 0.4) is 0 Å². The zero-order chi connectivity index (χ0) is 13.0. The van der Waals surface area contributed by atoms with Crippen LogP contribution in [-0.4, -0.2) is 25.9 Å². The van der Waals surface area contributed by atoms with Gasteiger partial charge in [0.1, 0.15) is 5.75 Å². The SMILES string of the molecule is COc1ccc(C)cc1CC(NN)C1CCCO1. The highest BCUT2D eigenvalue weighted by atomic mass is 16.5. The average molecular weight is 250 g/mol. The van der Waals surface area contributed by atoms with Crippen molar-refractivity contribution < 1.29 is 9.47 Å². The first-order valence-electron chi connectivity index (χ1n) is 6.46. The van der Waals surface area contributed by atoms with Crippen molar-refractivity contribution in [1.82, 2.24) is 5.43 Å². The highest BCUT2D eigenvalue weighted by Crippen LogP contribution is 2.24. The first-order valence-corrected chi connectivity index (χ1v) is 6.46. The van der Waals surface area contributed by atoms with Crippen molar-refractivity contribution in [3.8, 4) is 5.75 Å². The van der Waals surface area contributed by atoms with Gasteiger partial charge in [-0.2, -0.15) is 0 Å². The van der Waals surface area contributed by atoms with Crippen LogP contribution in [-0.2, 0) is 11.2 Å². The van der Waals surface area contributed by atoms with Gasteiger partial charge in [-0.3, -0.25) is 11.3 Å². The van der Waals surface area contributed by atoms with Crippen molar-refractivity contribution in [3.05, 3.63) is 29.3 Å². The van der Waals surface area contributed by atoms with Crippen LogP contribution < -0.4 is 16.0 Å². The van der Waals surface area contributed by atoms with E-state index in [1.807, 2.05) is 6.07 Å². The molecule has 2 unspecified atom stereocenters. The Morgan fingerprint density at radius 2 is 2.39 bits per heavy atom. The van der Waals surface area contributed by atoms with Crippen LogP contribution in [0.2, 0.25) is 0 Å². The number of rotatable bonds is 5. The summed E-state index contributed by atoms with van der Waals surface area (Å²) in [5.74, 6) is 6.57. The summed E-state index contributed by atoms with van der Waals surface area (Å²) < 4.78 is 11.1. The van der Waals surface area contributed by atoms with E-state index in [4.69, 9.17) is 15.3 Å². The minimum absolute atomic E-state index is 0.142. The number of nitrogens with two attached hydrogens (primary N) is 1. The lowest BCUT2D eigenvalue weighted by Crippen LogP contribution is -2.45. The predicted octanol–water partition coefficient (Wildman–Crippen LogP) is 1.56. The van der Waals surface area contributed by atoms with Crippen LogP contribution in [0.4, 0.5) is 0 Å². The molecule has 0 aromatic heterocycles. The average Bonchev–Trinajstić information content (AvgIpc) is 2.90. The third-order valence-electron chi connectivity index (χ3n) is 3.50. The van der Waals surface area contributed by atoms with E-state index in [0.717, 1.165) is 31.6 Å². The van der Waals surface area contributed by atoms with Gasteiger partial charge in [0.2, 0.25) is 0 Å². The molecule has 3 N–H and O–H groups in total. The van der Waals surface area contributed by atoms with Gasteiger partial charge in [-0.05, 0) is 37.8 Å². The number of methoxy groups -OCH3 is 1. The van der Waals surface area contributed by atoms with Gasteiger partial charge in [-0.25, -0.2) is 0 Å². The largest absolute Gasteiger partial charge is 0.496 e. The predicted molar refractivity (Wildman–Crippen MR) is 71.5 cm³/mol. The highest BCUT2D eigenvalue weighted by Gasteiger charge is 2.26. The number of hydrogen-bond donors (Lipinski definition) is 2. The summed E-state index contributed by atoms with van der Waals surface area (Å²) in [5, 5.41) is 0. The van der Waals surface area contributed by atoms with E-state index in [2.05, 4.69) is 24.5 Å². The van der Waals surface area contributed by atoms with Crippen molar-refractivity contribution in [2.24, 2.45) is 5.84 Å². The molecule has 1 fully saturated rings. The molecule has 4 nitrogen and oxygen atoms in total. The number of hydrazine groups is 1. The minimum Gasteiger partial charge on any atom is -0.496 e. The van der Waals surface area contributed by atoms with E-state index in [1.54, 1.807) is 7.11 Å². The van der Waals surface area contributed by atoms with Crippen LogP contribution in [0.15, 0.2) is 18.2 Å².